The van der Waals surface area contributed by atoms with Crippen LogP contribution in [0, 0.1) is 5.82 Å². The maximum Gasteiger partial charge on any atom is 0.195 e. The Labute approximate surface area is 180 Å². The molecule has 0 saturated heterocycles. The zero-order valence-electron chi connectivity index (χ0n) is 14.9. The van der Waals surface area contributed by atoms with E-state index in [1.54, 1.807) is 30.3 Å². The summed E-state index contributed by atoms with van der Waals surface area (Å²) in [5.74, 6) is 1.94. The normalized spacial score (nSPS) is 10.9. The number of ether oxygens (including phenoxy) is 2. The molecule has 0 aliphatic heterocycles. The summed E-state index contributed by atoms with van der Waals surface area (Å²) in [6, 6.07) is 13.0. The number of hydrogen-bond acceptors (Lipinski definition) is 5. The minimum atomic E-state index is -0.277. The van der Waals surface area contributed by atoms with Crippen molar-refractivity contribution in [2.45, 2.75) is 13.2 Å². The van der Waals surface area contributed by atoms with E-state index in [2.05, 4.69) is 15.2 Å². The fourth-order valence-corrected chi connectivity index (χ4v) is 3.75. The number of nitrogens with zero attached hydrogens (tertiary/aromatic N) is 2. The molecule has 0 aliphatic carbocycles. The summed E-state index contributed by atoms with van der Waals surface area (Å²) in [4.78, 5) is 5.25. The molecule has 4 aromatic rings. The Morgan fingerprint density at radius 3 is 2.55 bits per heavy atom. The van der Waals surface area contributed by atoms with Crippen molar-refractivity contribution in [3.63, 3.8) is 0 Å². The highest BCUT2D eigenvalue weighted by Gasteiger charge is 2.14. The highest BCUT2D eigenvalue weighted by Crippen LogP contribution is 2.34. The average Bonchev–Trinajstić information content (AvgIpc) is 3.36. The van der Waals surface area contributed by atoms with Crippen molar-refractivity contribution in [3.8, 4) is 22.2 Å². The second-order valence-corrected chi connectivity index (χ2v) is 7.76. The SMILES string of the molecule is Fc1ccc(COc2ccsc2-c2n[nH]c(COc3ccc(Cl)cc3Cl)n2)cc1. The molecule has 29 heavy (non-hydrogen) atoms. The van der Waals surface area contributed by atoms with Gasteiger partial charge in [-0.3, -0.25) is 5.10 Å². The summed E-state index contributed by atoms with van der Waals surface area (Å²) < 4.78 is 24.5. The molecule has 0 saturated carbocycles. The lowest BCUT2D eigenvalue weighted by molar-refractivity contribution is 0.296. The van der Waals surface area contributed by atoms with Crippen LogP contribution in [-0.2, 0) is 13.2 Å². The first-order valence-electron chi connectivity index (χ1n) is 8.53. The maximum absolute atomic E-state index is 13.0. The third-order valence-corrected chi connectivity index (χ3v) is 5.35. The van der Waals surface area contributed by atoms with Crippen LogP contribution in [0.2, 0.25) is 10.0 Å². The van der Waals surface area contributed by atoms with Gasteiger partial charge in [0.2, 0.25) is 0 Å². The Balaban J connectivity index is 1.41. The maximum atomic E-state index is 13.0. The molecule has 148 valence electrons. The van der Waals surface area contributed by atoms with Crippen molar-refractivity contribution in [3.05, 3.63) is 81.2 Å². The molecule has 0 bridgehead atoms. The lowest BCUT2D eigenvalue weighted by Crippen LogP contribution is -1.98. The molecular formula is C20H14Cl2FN3O2S. The number of hydrogen-bond donors (Lipinski definition) is 1. The van der Waals surface area contributed by atoms with Gasteiger partial charge < -0.3 is 9.47 Å². The Morgan fingerprint density at radius 1 is 0.966 bits per heavy atom. The Morgan fingerprint density at radius 2 is 1.76 bits per heavy atom. The number of aromatic nitrogens is 3. The minimum absolute atomic E-state index is 0.172. The molecule has 0 fully saturated rings. The standard InChI is InChI=1S/C20H14Cl2FN3O2S/c21-13-3-6-16(15(22)9-13)28-11-18-24-20(26-25-18)19-17(7-8-29-19)27-10-12-1-4-14(23)5-2-12/h1-9H,10-11H2,(H,24,25,26). The van der Waals surface area contributed by atoms with Crippen LogP contribution in [0.1, 0.15) is 11.4 Å². The van der Waals surface area contributed by atoms with E-state index >= 15 is 0 Å². The van der Waals surface area contributed by atoms with Gasteiger partial charge in [0.05, 0.1) is 5.02 Å². The molecule has 2 heterocycles. The Bertz CT molecular complexity index is 1120. The number of thiophene rings is 1. The molecule has 0 radical (unpaired) electrons. The molecular weight excluding hydrogens is 436 g/mol. The van der Waals surface area contributed by atoms with Crippen molar-refractivity contribution < 1.29 is 13.9 Å². The summed E-state index contributed by atoms with van der Waals surface area (Å²) >= 11 is 13.5. The third kappa shape index (κ3) is 4.87. The van der Waals surface area contributed by atoms with Crippen molar-refractivity contribution >= 4 is 34.5 Å². The van der Waals surface area contributed by atoms with Crippen LogP contribution in [0.4, 0.5) is 4.39 Å². The smallest absolute Gasteiger partial charge is 0.195 e. The summed E-state index contributed by atoms with van der Waals surface area (Å²) in [6.45, 7) is 0.491. The molecule has 0 aliphatic rings. The molecule has 2 aromatic heterocycles. The molecule has 0 amide bonds. The van der Waals surface area contributed by atoms with Gasteiger partial charge in [-0.1, -0.05) is 35.3 Å². The molecule has 5 nitrogen and oxygen atoms in total. The van der Waals surface area contributed by atoms with E-state index in [0.29, 0.717) is 39.8 Å². The number of rotatable bonds is 7. The Kier molecular flexibility index (Phi) is 5.99. The first-order chi connectivity index (χ1) is 14.1. The molecule has 0 atom stereocenters. The lowest BCUT2D eigenvalue weighted by atomic mass is 10.2. The quantitative estimate of drug-likeness (QED) is 0.368. The predicted octanol–water partition coefficient (Wildman–Crippen LogP) is 6.14. The fraction of sp³-hybridized carbons (Fsp3) is 0.100. The zero-order valence-corrected chi connectivity index (χ0v) is 17.2. The highest BCUT2D eigenvalue weighted by molar-refractivity contribution is 7.13. The minimum Gasteiger partial charge on any atom is -0.487 e. The molecule has 0 spiro atoms. The van der Waals surface area contributed by atoms with Crippen LogP contribution in [0.15, 0.2) is 53.9 Å². The molecule has 4 rings (SSSR count). The van der Waals surface area contributed by atoms with Gasteiger partial charge in [0.1, 0.15) is 35.4 Å². The number of halogens is 3. The van der Waals surface area contributed by atoms with Crippen LogP contribution in [-0.4, -0.2) is 15.2 Å². The van der Waals surface area contributed by atoms with E-state index in [0.717, 1.165) is 10.4 Å². The third-order valence-electron chi connectivity index (χ3n) is 3.93. The summed E-state index contributed by atoms with van der Waals surface area (Å²) in [5.41, 5.74) is 0.868. The van der Waals surface area contributed by atoms with Gasteiger partial charge in [-0.2, -0.15) is 5.10 Å². The van der Waals surface area contributed by atoms with Gasteiger partial charge in [-0.05, 0) is 47.3 Å². The van der Waals surface area contributed by atoms with Crippen LogP contribution < -0.4 is 9.47 Å². The van der Waals surface area contributed by atoms with Crippen LogP contribution in [0.25, 0.3) is 10.7 Å². The van der Waals surface area contributed by atoms with Crippen molar-refractivity contribution in [2.24, 2.45) is 0 Å². The van der Waals surface area contributed by atoms with Crippen LogP contribution >= 0.6 is 34.5 Å². The summed E-state index contributed by atoms with van der Waals surface area (Å²) in [6.07, 6.45) is 0. The van der Waals surface area contributed by atoms with Gasteiger partial charge in [0.15, 0.2) is 11.6 Å². The second kappa shape index (κ2) is 8.82. The van der Waals surface area contributed by atoms with E-state index in [4.69, 9.17) is 32.7 Å². The lowest BCUT2D eigenvalue weighted by Gasteiger charge is -2.06. The predicted molar refractivity (Wildman–Crippen MR) is 111 cm³/mol. The Hall–Kier alpha value is -2.61. The van der Waals surface area contributed by atoms with Gasteiger partial charge in [-0.25, -0.2) is 9.37 Å². The van der Waals surface area contributed by atoms with Crippen LogP contribution in [0.3, 0.4) is 0 Å². The number of benzene rings is 2. The number of aromatic amines is 1. The topological polar surface area (TPSA) is 60.0 Å². The molecule has 0 unspecified atom stereocenters. The molecule has 9 heteroatoms. The fourth-order valence-electron chi connectivity index (χ4n) is 2.52. The molecule has 2 aromatic carbocycles. The van der Waals surface area contributed by atoms with E-state index in [1.165, 1.54) is 23.5 Å². The monoisotopic (exact) mass is 449 g/mol. The zero-order chi connectivity index (χ0) is 20.2. The van der Waals surface area contributed by atoms with E-state index in [1.807, 2.05) is 11.4 Å². The second-order valence-electron chi connectivity index (χ2n) is 6.00. The average molecular weight is 450 g/mol. The molecule has 1 N–H and O–H groups in total. The first-order valence-corrected chi connectivity index (χ1v) is 10.2. The van der Waals surface area contributed by atoms with Gasteiger partial charge in [-0.15, -0.1) is 11.3 Å². The van der Waals surface area contributed by atoms with E-state index < -0.39 is 0 Å². The number of nitrogens with one attached hydrogen (secondary N) is 1. The first kappa shape index (κ1) is 19.7. The van der Waals surface area contributed by atoms with Crippen molar-refractivity contribution in [1.29, 1.82) is 0 Å². The largest absolute Gasteiger partial charge is 0.487 e. The van der Waals surface area contributed by atoms with Gasteiger partial charge >= 0.3 is 0 Å². The van der Waals surface area contributed by atoms with Gasteiger partial charge in [0, 0.05) is 5.02 Å². The van der Waals surface area contributed by atoms with E-state index in [9.17, 15) is 4.39 Å². The highest BCUT2D eigenvalue weighted by atomic mass is 35.5. The van der Waals surface area contributed by atoms with Crippen LogP contribution in [0.5, 0.6) is 11.5 Å². The van der Waals surface area contributed by atoms with Crippen molar-refractivity contribution in [1.82, 2.24) is 15.2 Å². The van der Waals surface area contributed by atoms with Crippen molar-refractivity contribution in [2.75, 3.05) is 0 Å². The number of H-pyrrole nitrogens is 1. The van der Waals surface area contributed by atoms with Gasteiger partial charge in [0.25, 0.3) is 0 Å². The summed E-state index contributed by atoms with van der Waals surface area (Å²) in [5, 5.41) is 9.96. The summed E-state index contributed by atoms with van der Waals surface area (Å²) in [7, 11) is 0. The van der Waals surface area contributed by atoms with E-state index in [-0.39, 0.29) is 12.4 Å².